The van der Waals surface area contributed by atoms with Crippen LogP contribution in [0.2, 0.25) is 5.02 Å². The van der Waals surface area contributed by atoms with Crippen molar-refractivity contribution in [1.82, 2.24) is 9.97 Å². The Balaban J connectivity index is 1.94. The van der Waals surface area contributed by atoms with Gasteiger partial charge < -0.3 is 14.8 Å². The SMILES string of the molecule is NS(=O)(=O)c1[nH]c(C(OCC2CC(F)(F)C2)c2ccc(F)c(Cl)c2)nc1CO. The first kappa shape index (κ1) is 21.1. The third kappa shape index (κ3) is 4.49. The van der Waals surface area contributed by atoms with Gasteiger partial charge >= 0.3 is 0 Å². The van der Waals surface area contributed by atoms with Crippen LogP contribution < -0.4 is 5.14 Å². The molecule has 1 heterocycles. The second-order valence-corrected chi connectivity index (χ2v) is 8.52. The lowest BCUT2D eigenvalue weighted by molar-refractivity contribution is -0.133. The van der Waals surface area contributed by atoms with Crippen LogP contribution in [0, 0.1) is 11.7 Å². The molecule has 1 aliphatic carbocycles. The summed E-state index contributed by atoms with van der Waals surface area (Å²) < 4.78 is 68.7. The molecule has 0 amide bonds. The number of nitrogens with two attached hydrogens (primary N) is 1. The number of aromatic amines is 1. The fourth-order valence-corrected chi connectivity index (χ4v) is 3.90. The number of sulfonamides is 1. The molecule has 28 heavy (non-hydrogen) atoms. The molecule has 0 spiro atoms. The first-order valence-corrected chi connectivity index (χ1v) is 10.1. The van der Waals surface area contributed by atoms with Crippen molar-refractivity contribution in [3.05, 3.63) is 46.1 Å². The number of benzene rings is 1. The van der Waals surface area contributed by atoms with Crippen LogP contribution in [0.3, 0.4) is 0 Å². The van der Waals surface area contributed by atoms with Gasteiger partial charge in [0, 0.05) is 12.8 Å². The van der Waals surface area contributed by atoms with Crippen LogP contribution in [-0.2, 0) is 21.4 Å². The quantitative estimate of drug-likeness (QED) is 0.612. The Bertz CT molecular complexity index is 976. The molecule has 7 nitrogen and oxygen atoms in total. The number of H-pyrrole nitrogens is 1. The minimum absolute atomic E-state index is 0.0400. The predicted molar refractivity (Wildman–Crippen MR) is 92.8 cm³/mol. The molecule has 1 unspecified atom stereocenters. The highest BCUT2D eigenvalue weighted by Crippen LogP contribution is 2.43. The first-order chi connectivity index (χ1) is 13.0. The van der Waals surface area contributed by atoms with Gasteiger partial charge in [0.25, 0.3) is 10.0 Å². The van der Waals surface area contributed by atoms with Gasteiger partial charge in [-0.25, -0.2) is 31.7 Å². The molecule has 154 valence electrons. The van der Waals surface area contributed by atoms with Crippen molar-refractivity contribution in [2.45, 2.75) is 36.5 Å². The van der Waals surface area contributed by atoms with E-state index in [1.54, 1.807) is 0 Å². The summed E-state index contributed by atoms with van der Waals surface area (Å²) in [6.45, 7) is -0.775. The molecule has 0 saturated heterocycles. The van der Waals surface area contributed by atoms with E-state index >= 15 is 0 Å². The van der Waals surface area contributed by atoms with E-state index in [0.29, 0.717) is 5.56 Å². The summed E-state index contributed by atoms with van der Waals surface area (Å²) >= 11 is 5.80. The molecule has 1 atom stereocenters. The maximum atomic E-state index is 13.5. The Hall–Kier alpha value is -1.66. The highest BCUT2D eigenvalue weighted by atomic mass is 35.5. The van der Waals surface area contributed by atoms with E-state index in [2.05, 4.69) is 9.97 Å². The molecular weight excluding hydrogens is 423 g/mol. The lowest BCUT2D eigenvalue weighted by atomic mass is 9.82. The monoisotopic (exact) mass is 439 g/mol. The van der Waals surface area contributed by atoms with E-state index in [0.717, 1.165) is 6.07 Å². The summed E-state index contributed by atoms with van der Waals surface area (Å²) in [6.07, 6.45) is -1.72. The Morgan fingerprint density at radius 2 is 2.11 bits per heavy atom. The van der Waals surface area contributed by atoms with Gasteiger partial charge in [-0.2, -0.15) is 0 Å². The van der Waals surface area contributed by atoms with Gasteiger partial charge in [0.15, 0.2) is 5.03 Å². The van der Waals surface area contributed by atoms with E-state index in [9.17, 15) is 26.7 Å². The van der Waals surface area contributed by atoms with E-state index in [4.69, 9.17) is 21.5 Å². The largest absolute Gasteiger partial charge is 0.390 e. The second-order valence-electron chi connectivity index (χ2n) is 6.62. The maximum absolute atomic E-state index is 13.5. The molecule has 1 aromatic heterocycles. The second kappa shape index (κ2) is 7.64. The van der Waals surface area contributed by atoms with E-state index < -0.39 is 45.4 Å². The van der Waals surface area contributed by atoms with Crippen molar-refractivity contribution < 1.29 is 31.4 Å². The Morgan fingerprint density at radius 1 is 1.43 bits per heavy atom. The summed E-state index contributed by atoms with van der Waals surface area (Å²) in [4.78, 5) is 6.49. The van der Waals surface area contributed by atoms with Crippen LogP contribution in [0.5, 0.6) is 0 Å². The number of primary sulfonamides is 1. The molecule has 3 rings (SSSR count). The number of ether oxygens (including phenoxy) is 1. The van der Waals surface area contributed by atoms with Crippen LogP contribution in [0.4, 0.5) is 13.2 Å². The standard InChI is InChI=1S/C16H17ClF3N3O4S/c17-10-3-9(1-2-11(10)18)13(27-7-8-4-16(19,20)5-8)14-22-12(6-24)15(23-14)28(21,25)26/h1-3,8,13,24H,4-7H2,(H,22,23)(H2,21,25,26). The average Bonchev–Trinajstić information content (AvgIpc) is 3.01. The molecule has 1 aliphatic rings. The van der Waals surface area contributed by atoms with Gasteiger partial charge in [0.2, 0.25) is 5.92 Å². The normalized spacial score (nSPS) is 18.1. The number of halogens is 4. The van der Waals surface area contributed by atoms with Crippen molar-refractivity contribution in [3.63, 3.8) is 0 Å². The summed E-state index contributed by atoms with van der Waals surface area (Å²) in [7, 11) is -4.21. The number of aliphatic hydroxyl groups excluding tert-OH is 1. The van der Waals surface area contributed by atoms with Crippen LogP contribution >= 0.6 is 11.6 Å². The lowest BCUT2D eigenvalue weighted by Crippen LogP contribution is -2.38. The smallest absolute Gasteiger partial charge is 0.255 e. The highest BCUT2D eigenvalue weighted by Gasteiger charge is 2.45. The van der Waals surface area contributed by atoms with Gasteiger partial charge in [-0.3, -0.25) is 0 Å². The van der Waals surface area contributed by atoms with Gasteiger partial charge in [0.05, 0.1) is 18.2 Å². The topological polar surface area (TPSA) is 118 Å². The number of nitrogens with zero attached hydrogens (tertiary/aromatic N) is 1. The van der Waals surface area contributed by atoms with Crippen LogP contribution in [-0.4, -0.2) is 36.0 Å². The Kier molecular flexibility index (Phi) is 5.74. The van der Waals surface area contributed by atoms with Gasteiger partial charge in [-0.05, 0) is 23.6 Å². The molecule has 0 radical (unpaired) electrons. The lowest BCUT2D eigenvalue weighted by Gasteiger charge is -2.35. The minimum atomic E-state index is -4.21. The number of aliphatic hydroxyl groups is 1. The molecule has 12 heteroatoms. The van der Waals surface area contributed by atoms with E-state index in [1.807, 2.05) is 0 Å². The van der Waals surface area contributed by atoms with Crippen molar-refractivity contribution >= 4 is 21.6 Å². The van der Waals surface area contributed by atoms with Crippen LogP contribution in [0.1, 0.15) is 36.0 Å². The average molecular weight is 440 g/mol. The van der Waals surface area contributed by atoms with Crippen molar-refractivity contribution in [3.8, 4) is 0 Å². The first-order valence-electron chi connectivity index (χ1n) is 8.17. The Labute approximate surface area is 163 Å². The molecule has 1 fully saturated rings. The summed E-state index contributed by atoms with van der Waals surface area (Å²) in [6, 6.07) is 3.69. The summed E-state index contributed by atoms with van der Waals surface area (Å²) in [5, 5.41) is 13.8. The fourth-order valence-electron chi connectivity index (χ4n) is 3.02. The molecule has 0 aliphatic heterocycles. The minimum Gasteiger partial charge on any atom is -0.390 e. The predicted octanol–water partition coefficient (Wildman–Crippen LogP) is 2.49. The zero-order valence-corrected chi connectivity index (χ0v) is 15.9. The van der Waals surface area contributed by atoms with Crippen molar-refractivity contribution in [1.29, 1.82) is 0 Å². The molecule has 0 bridgehead atoms. The van der Waals surface area contributed by atoms with E-state index in [-0.39, 0.29) is 36.0 Å². The van der Waals surface area contributed by atoms with Gasteiger partial charge in [-0.1, -0.05) is 17.7 Å². The van der Waals surface area contributed by atoms with Gasteiger partial charge in [-0.15, -0.1) is 0 Å². The summed E-state index contributed by atoms with van der Waals surface area (Å²) in [5.41, 5.74) is 0.0891. The number of imidazole rings is 1. The zero-order valence-electron chi connectivity index (χ0n) is 14.3. The molecule has 1 saturated carbocycles. The number of hydrogen-bond acceptors (Lipinski definition) is 5. The summed E-state index contributed by atoms with van der Waals surface area (Å²) in [5.74, 6) is -3.83. The fraction of sp³-hybridized carbons (Fsp3) is 0.438. The number of rotatable bonds is 7. The van der Waals surface area contributed by atoms with Crippen LogP contribution in [0.25, 0.3) is 0 Å². The van der Waals surface area contributed by atoms with Gasteiger partial charge in [0.1, 0.15) is 23.4 Å². The highest BCUT2D eigenvalue weighted by molar-refractivity contribution is 7.89. The third-order valence-electron chi connectivity index (χ3n) is 4.36. The van der Waals surface area contributed by atoms with E-state index in [1.165, 1.54) is 12.1 Å². The zero-order chi connectivity index (χ0) is 20.7. The molecule has 4 N–H and O–H groups in total. The number of nitrogens with one attached hydrogen (secondary N) is 1. The maximum Gasteiger partial charge on any atom is 0.255 e. The Morgan fingerprint density at radius 3 is 2.61 bits per heavy atom. The number of alkyl halides is 2. The molecule has 2 aromatic rings. The number of hydrogen-bond donors (Lipinski definition) is 3. The number of aromatic nitrogens is 2. The van der Waals surface area contributed by atoms with Crippen LogP contribution in [0.15, 0.2) is 23.2 Å². The molecule has 1 aromatic carbocycles. The van der Waals surface area contributed by atoms with Crippen molar-refractivity contribution in [2.75, 3.05) is 6.61 Å². The third-order valence-corrected chi connectivity index (χ3v) is 5.56. The molecular formula is C16H17ClF3N3O4S. The van der Waals surface area contributed by atoms with Crippen molar-refractivity contribution in [2.24, 2.45) is 11.1 Å².